The Hall–Kier alpha value is -3.40. The molecule has 0 saturated carbocycles. The zero-order valence-electron chi connectivity index (χ0n) is 16.9. The number of methoxy groups -OCH3 is 2. The van der Waals surface area contributed by atoms with Crippen LogP contribution < -0.4 is 14.8 Å². The van der Waals surface area contributed by atoms with E-state index >= 15 is 0 Å². The minimum Gasteiger partial charge on any atom is -0.497 e. The lowest BCUT2D eigenvalue weighted by Crippen LogP contribution is -2.16. The van der Waals surface area contributed by atoms with Gasteiger partial charge in [0.2, 0.25) is 0 Å². The van der Waals surface area contributed by atoms with Crippen LogP contribution in [0.5, 0.6) is 11.5 Å². The molecule has 0 unspecified atom stereocenters. The number of amides is 1. The fourth-order valence-electron chi connectivity index (χ4n) is 2.61. The number of rotatable bonds is 7. The van der Waals surface area contributed by atoms with Crippen LogP contribution in [0.15, 0.2) is 51.8 Å². The van der Waals surface area contributed by atoms with Gasteiger partial charge in [-0.15, -0.1) is 5.10 Å². The van der Waals surface area contributed by atoms with Gasteiger partial charge in [-0.1, -0.05) is 11.2 Å². The average molecular weight is 431 g/mol. The van der Waals surface area contributed by atoms with Crippen molar-refractivity contribution in [1.29, 1.82) is 0 Å². The first-order valence-electron chi connectivity index (χ1n) is 8.97. The van der Waals surface area contributed by atoms with Crippen LogP contribution in [0.4, 0.5) is 6.01 Å². The molecule has 9 nitrogen and oxygen atoms in total. The molecule has 10 heteroatoms. The number of nitrogens with zero attached hydrogens (tertiary/aromatic N) is 2. The van der Waals surface area contributed by atoms with Crippen molar-refractivity contribution < 1.29 is 27.1 Å². The minimum absolute atomic E-state index is 0.0688. The minimum atomic E-state index is -3.51. The number of hydrogen-bond acceptors (Lipinski definition) is 8. The average Bonchev–Trinajstić information content (AvgIpc) is 3.21. The fraction of sp³-hybridized carbons (Fsp3) is 0.250. The summed E-state index contributed by atoms with van der Waals surface area (Å²) < 4.78 is 40.7. The van der Waals surface area contributed by atoms with Crippen LogP contribution in [-0.2, 0) is 9.84 Å². The molecular formula is C20H21N3O6S. The number of benzene rings is 2. The smallest absolute Gasteiger partial charge is 0.322 e. The van der Waals surface area contributed by atoms with Crippen molar-refractivity contribution in [2.75, 3.05) is 19.5 Å². The van der Waals surface area contributed by atoms with E-state index in [9.17, 15) is 13.2 Å². The van der Waals surface area contributed by atoms with Crippen molar-refractivity contribution in [1.82, 2.24) is 10.2 Å². The Morgan fingerprint density at radius 3 is 2.50 bits per heavy atom. The van der Waals surface area contributed by atoms with Gasteiger partial charge in [0.1, 0.15) is 11.5 Å². The Morgan fingerprint density at radius 2 is 1.83 bits per heavy atom. The molecule has 0 aliphatic carbocycles. The molecule has 0 saturated heterocycles. The summed E-state index contributed by atoms with van der Waals surface area (Å²) in [4.78, 5) is 12.6. The van der Waals surface area contributed by atoms with Gasteiger partial charge in [-0.2, -0.15) is 0 Å². The summed E-state index contributed by atoms with van der Waals surface area (Å²) in [6.45, 7) is 3.16. The number of aromatic nitrogens is 2. The topological polar surface area (TPSA) is 121 Å². The van der Waals surface area contributed by atoms with E-state index in [0.29, 0.717) is 17.1 Å². The van der Waals surface area contributed by atoms with Crippen molar-refractivity contribution in [3.63, 3.8) is 0 Å². The second-order valence-corrected chi connectivity index (χ2v) is 9.06. The molecule has 1 heterocycles. The molecule has 3 aromatic rings. The summed E-state index contributed by atoms with van der Waals surface area (Å²) in [5.74, 6) is 0.621. The number of anilines is 1. The van der Waals surface area contributed by atoms with Gasteiger partial charge in [-0.05, 0) is 44.2 Å². The number of hydrogen-bond donors (Lipinski definition) is 1. The van der Waals surface area contributed by atoms with Crippen molar-refractivity contribution in [2.24, 2.45) is 0 Å². The number of carbonyl (C=O) groups excluding carboxylic acids is 1. The van der Waals surface area contributed by atoms with E-state index in [1.807, 2.05) is 0 Å². The monoisotopic (exact) mass is 431 g/mol. The molecule has 1 N–H and O–H groups in total. The van der Waals surface area contributed by atoms with Crippen LogP contribution in [-0.4, -0.2) is 44.0 Å². The lowest BCUT2D eigenvalue weighted by atomic mass is 10.2. The molecule has 1 aromatic heterocycles. The van der Waals surface area contributed by atoms with E-state index in [0.717, 1.165) is 0 Å². The summed E-state index contributed by atoms with van der Waals surface area (Å²) in [5, 5.41) is 9.62. The highest BCUT2D eigenvalue weighted by Gasteiger charge is 2.21. The molecule has 158 valence electrons. The summed E-state index contributed by atoms with van der Waals surface area (Å²) in [7, 11) is -0.473. The third-order valence-corrected chi connectivity index (χ3v) is 6.48. The van der Waals surface area contributed by atoms with Crippen LogP contribution >= 0.6 is 0 Å². The van der Waals surface area contributed by atoms with E-state index in [1.165, 1.54) is 38.5 Å². The van der Waals surface area contributed by atoms with E-state index in [4.69, 9.17) is 13.9 Å². The first kappa shape index (κ1) is 21.3. The Morgan fingerprint density at radius 1 is 1.07 bits per heavy atom. The SMILES string of the molecule is COc1ccc(-c2nnc(NC(=O)c3cccc(S(=O)(=O)C(C)C)c3)o2)c(OC)c1. The van der Waals surface area contributed by atoms with Crippen LogP contribution in [0, 0.1) is 0 Å². The maximum atomic E-state index is 12.5. The molecule has 0 aliphatic rings. The summed E-state index contributed by atoms with van der Waals surface area (Å²) in [5.41, 5.74) is 0.676. The van der Waals surface area contributed by atoms with Crippen LogP contribution in [0.1, 0.15) is 24.2 Å². The number of nitrogens with one attached hydrogen (secondary N) is 1. The van der Waals surface area contributed by atoms with Gasteiger partial charge in [-0.3, -0.25) is 10.1 Å². The highest BCUT2D eigenvalue weighted by atomic mass is 32.2. The molecule has 0 bridgehead atoms. The lowest BCUT2D eigenvalue weighted by molar-refractivity contribution is 0.102. The molecule has 0 atom stereocenters. The van der Waals surface area contributed by atoms with Gasteiger partial charge in [0, 0.05) is 11.6 Å². The Bertz CT molecular complexity index is 1170. The molecule has 1 amide bonds. The molecular weight excluding hydrogens is 410 g/mol. The Balaban J connectivity index is 1.83. The van der Waals surface area contributed by atoms with E-state index in [2.05, 4.69) is 15.5 Å². The molecule has 0 spiro atoms. The van der Waals surface area contributed by atoms with Gasteiger partial charge in [0.05, 0.1) is 29.9 Å². The molecule has 2 aromatic carbocycles. The Labute approximate surface area is 174 Å². The summed E-state index contributed by atoms with van der Waals surface area (Å²) >= 11 is 0. The maximum Gasteiger partial charge on any atom is 0.322 e. The van der Waals surface area contributed by atoms with Gasteiger partial charge >= 0.3 is 6.01 Å². The molecule has 0 fully saturated rings. The van der Waals surface area contributed by atoms with Crippen molar-refractivity contribution in [3.05, 3.63) is 48.0 Å². The van der Waals surface area contributed by atoms with Gasteiger partial charge in [0.25, 0.3) is 11.8 Å². The van der Waals surface area contributed by atoms with E-state index in [1.54, 1.807) is 32.0 Å². The standard InChI is InChI=1S/C20H21N3O6S/c1-12(2)30(25,26)15-7-5-6-13(10-15)18(24)21-20-23-22-19(29-20)16-9-8-14(27-3)11-17(16)28-4/h5-12H,1-4H3,(H,21,23,24). The molecule has 30 heavy (non-hydrogen) atoms. The van der Waals surface area contributed by atoms with Crippen LogP contribution in [0.3, 0.4) is 0 Å². The van der Waals surface area contributed by atoms with Crippen LogP contribution in [0.2, 0.25) is 0 Å². The van der Waals surface area contributed by atoms with Crippen LogP contribution in [0.25, 0.3) is 11.5 Å². The zero-order chi connectivity index (χ0) is 21.9. The maximum absolute atomic E-state index is 12.5. The second kappa shape index (κ2) is 8.54. The quantitative estimate of drug-likeness (QED) is 0.605. The predicted octanol–water partition coefficient (Wildman–Crippen LogP) is 3.19. The highest BCUT2D eigenvalue weighted by Crippen LogP contribution is 2.33. The molecule has 0 aliphatic heterocycles. The third kappa shape index (κ3) is 4.28. The van der Waals surface area contributed by atoms with Gasteiger partial charge in [0.15, 0.2) is 9.84 Å². The summed E-state index contributed by atoms with van der Waals surface area (Å²) in [6.07, 6.45) is 0. The highest BCUT2D eigenvalue weighted by molar-refractivity contribution is 7.92. The summed E-state index contributed by atoms with van der Waals surface area (Å²) in [6, 6.07) is 10.7. The largest absolute Gasteiger partial charge is 0.497 e. The van der Waals surface area contributed by atoms with Crippen molar-refractivity contribution in [2.45, 2.75) is 24.0 Å². The Kier molecular flexibility index (Phi) is 6.06. The lowest BCUT2D eigenvalue weighted by Gasteiger charge is -2.09. The zero-order valence-corrected chi connectivity index (χ0v) is 17.7. The van der Waals surface area contributed by atoms with Crippen molar-refractivity contribution in [3.8, 4) is 23.0 Å². The number of sulfone groups is 1. The van der Waals surface area contributed by atoms with E-state index in [-0.39, 0.29) is 22.4 Å². The second-order valence-electron chi connectivity index (χ2n) is 6.55. The van der Waals surface area contributed by atoms with Gasteiger partial charge < -0.3 is 13.9 Å². The normalized spacial score (nSPS) is 11.4. The first-order valence-corrected chi connectivity index (χ1v) is 10.5. The third-order valence-electron chi connectivity index (χ3n) is 4.33. The molecule has 0 radical (unpaired) electrons. The van der Waals surface area contributed by atoms with E-state index < -0.39 is 21.0 Å². The van der Waals surface area contributed by atoms with Crippen molar-refractivity contribution >= 4 is 21.8 Å². The number of carbonyl (C=O) groups is 1. The first-order chi connectivity index (χ1) is 14.3. The fourth-order valence-corrected chi connectivity index (χ4v) is 3.72. The van der Waals surface area contributed by atoms with Gasteiger partial charge in [-0.25, -0.2) is 8.42 Å². The number of ether oxygens (including phenoxy) is 2. The molecule has 3 rings (SSSR count). The predicted molar refractivity (Wildman–Crippen MR) is 110 cm³/mol.